The lowest BCUT2D eigenvalue weighted by atomic mass is 10.2. The Balaban J connectivity index is 1.97. The molecule has 9 nitrogen and oxygen atoms in total. The van der Waals surface area contributed by atoms with E-state index in [2.05, 4.69) is 26.0 Å². The quantitative estimate of drug-likeness (QED) is 0.373. The maximum atomic E-state index is 12.6. The normalized spacial score (nSPS) is 12.1. The highest BCUT2D eigenvalue weighted by molar-refractivity contribution is 9.10. The fraction of sp³-hybridized carbons (Fsp3) is 0.273. The van der Waals surface area contributed by atoms with Gasteiger partial charge >= 0.3 is 11.7 Å². The zero-order valence-electron chi connectivity index (χ0n) is 17.8. The zero-order valence-corrected chi connectivity index (χ0v) is 19.3. The van der Waals surface area contributed by atoms with Gasteiger partial charge in [-0.2, -0.15) is 5.10 Å². The van der Waals surface area contributed by atoms with E-state index < -0.39 is 23.3 Å². The van der Waals surface area contributed by atoms with Crippen molar-refractivity contribution in [2.75, 3.05) is 13.2 Å². The minimum absolute atomic E-state index is 0.247. The highest BCUT2D eigenvalue weighted by atomic mass is 79.9. The number of para-hydroxylation sites is 1. The Hall–Kier alpha value is -3.40. The van der Waals surface area contributed by atoms with Crippen LogP contribution in [0.25, 0.3) is 10.9 Å². The minimum Gasteiger partial charge on any atom is -0.490 e. The number of nitrogens with zero attached hydrogens (tertiary/aromatic N) is 2. The molecular weight excluding hydrogens is 482 g/mol. The molecule has 0 aliphatic rings. The van der Waals surface area contributed by atoms with Crippen LogP contribution in [0.5, 0.6) is 11.5 Å². The fourth-order valence-electron chi connectivity index (χ4n) is 2.89. The number of fused-ring (bicyclic) bond motifs is 1. The lowest BCUT2D eigenvalue weighted by molar-refractivity contribution is -0.150. The van der Waals surface area contributed by atoms with E-state index in [0.717, 1.165) is 4.68 Å². The van der Waals surface area contributed by atoms with E-state index in [1.165, 1.54) is 6.21 Å². The fourth-order valence-corrected chi connectivity index (χ4v) is 3.31. The predicted octanol–water partition coefficient (Wildman–Crippen LogP) is 3.06. The van der Waals surface area contributed by atoms with Gasteiger partial charge in [0, 0.05) is 10.0 Å². The van der Waals surface area contributed by atoms with Crippen LogP contribution in [0.15, 0.2) is 55.6 Å². The van der Waals surface area contributed by atoms with Gasteiger partial charge in [0.15, 0.2) is 17.6 Å². The molecule has 1 N–H and O–H groups in total. The van der Waals surface area contributed by atoms with E-state index in [4.69, 9.17) is 14.2 Å². The Morgan fingerprint density at radius 2 is 1.94 bits per heavy atom. The summed E-state index contributed by atoms with van der Waals surface area (Å²) in [5.41, 5.74) is -0.227. The lowest BCUT2D eigenvalue weighted by Crippen LogP contribution is -2.32. The molecule has 0 radical (unpaired) electrons. The SMILES string of the molecule is CCOC(=O)[C@H](C)Oc1cc(Br)c(C=Nn2c(=O)[nH]c3ccccc3c2=O)cc1OCC. The molecule has 3 rings (SSSR count). The highest BCUT2D eigenvalue weighted by Crippen LogP contribution is 2.34. The number of esters is 1. The molecule has 0 aliphatic heterocycles. The number of carbonyl (C=O) groups is 1. The van der Waals surface area contributed by atoms with Crippen molar-refractivity contribution in [3.63, 3.8) is 0 Å². The summed E-state index contributed by atoms with van der Waals surface area (Å²) >= 11 is 3.42. The number of halogens is 1. The van der Waals surface area contributed by atoms with Crippen molar-refractivity contribution in [3.05, 3.63) is 67.3 Å². The summed E-state index contributed by atoms with van der Waals surface area (Å²) in [5, 5.41) is 4.41. The molecule has 0 saturated heterocycles. The van der Waals surface area contributed by atoms with Gasteiger partial charge in [-0.3, -0.25) is 4.79 Å². The molecule has 0 unspecified atom stereocenters. The van der Waals surface area contributed by atoms with Crippen molar-refractivity contribution in [3.8, 4) is 11.5 Å². The van der Waals surface area contributed by atoms with Gasteiger partial charge in [0.25, 0.3) is 5.56 Å². The van der Waals surface area contributed by atoms with Crippen molar-refractivity contribution in [1.82, 2.24) is 9.66 Å². The summed E-state index contributed by atoms with van der Waals surface area (Å²) in [7, 11) is 0. The molecule has 1 atom stereocenters. The maximum Gasteiger partial charge on any atom is 0.349 e. The number of carbonyl (C=O) groups excluding carboxylic acids is 1. The second-order valence-corrected chi connectivity index (χ2v) is 7.46. The van der Waals surface area contributed by atoms with Crippen molar-refractivity contribution >= 4 is 39.0 Å². The number of benzene rings is 2. The van der Waals surface area contributed by atoms with Gasteiger partial charge in [-0.15, -0.1) is 4.68 Å². The summed E-state index contributed by atoms with van der Waals surface area (Å²) in [6.45, 7) is 5.70. The molecule has 0 spiro atoms. The number of hydrogen-bond donors (Lipinski definition) is 1. The number of ether oxygens (including phenoxy) is 3. The minimum atomic E-state index is -0.838. The predicted molar refractivity (Wildman–Crippen MR) is 124 cm³/mol. The molecule has 32 heavy (non-hydrogen) atoms. The Morgan fingerprint density at radius 1 is 1.19 bits per heavy atom. The topological polar surface area (TPSA) is 112 Å². The van der Waals surface area contributed by atoms with Crippen molar-refractivity contribution < 1.29 is 19.0 Å². The largest absolute Gasteiger partial charge is 0.490 e. The highest BCUT2D eigenvalue weighted by Gasteiger charge is 2.19. The molecule has 1 heterocycles. The molecule has 10 heteroatoms. The van der Waals surface area contributed by atoms with Crippen LogP contribution in [0.1, 0.15) is 26.3 Å². The molecule has 3 aromatic rings. The van der Waals surface area contributed by atoms with Gasteiger partial charge in [-0.1, -0.05) is 12.1 Å². The van der Waals surface area contributed by atoms with Crippen LogP contribution in [0.2, 0.25) is 0 Å². The van der Waals surface area contributed by atoms with E-state index in [0.29, 0.717) is 39.0 Å². The average molecular weight is 504 g/mol. The van der Waals surface area contributed by atoms with Gasteiger partial charge in [0.2, 0.25) is 0 Å². The van der Waals surface area contributed by atoms with E-state index in [9.17, 15) is 14.4 Å². The monoisotopic (exact) mass is 503 g/mol. The first-order valence-corrected chi connectivity index (χ1v) is 10.7. The molecule has 0 aliphatic carbocycles. The first-order chi connectivity index (χ1) is 15.3. The molecule has 0 saturated carbocycles. The summed E-state index contributed by atoms with van der Waals surface area (Å²) in [5.74, 6) is 0.205. The van der Waals surface area contributed by atoms with Crippen LogP contribution in [-0.4, -0.2) is 41.2 Å². The zero-order chi connectivity index (χ0) is 23.3. The number of aromatic nitrogens is 2. The van der Waals surface area contributed by atoms with Crippen molar-refractivity contribution in [2.24, 2.45) is 5.10 Å². The molecule has 1 aromatic heterocycles. The van der Waals surface area contributed by atoms with Crippen molar-refractivity contribution in [2.45, 2.75) is 26.9 Å². The molecule has 0 bridgehead atoms. The number of aromatic amines is 1. The average Bonchev–Trinajstić information content (AvgIpc) is 2.76. The third-order valence-electron chi connectivity index (χ3n) is 4.38. The van der Waals surface area contributed by atoms with Gasteiger partial charge in [-0.05, 0) is 61.0 Å². The van der Waals surface area contributed by atoms with Crippen LogP contribution in [0.3, 0.4) is 0 Å². The summed E-state index contributed by atoms with van der Waals surface area (Å²) in [6, 6.07) is 9.94. The third kappa shape index (κ3) is 5.08. The van der Waals surface area contributed by atoms with Crippen LogP contribution in [-0.2, 0) is 9.53 Å². The van der Waals surface area contributed by atoms with Crippen molar-refractivity contribution in [1.29, 1.82) is 0 Å². The van der Waals surface area contributed by atoms with Crippen LogP contribution < -0.4 is 20.7 Å². The lowest BCUT2D eigenvalue weighted by Gasteiger charge is -2.17. The Morgan fingerprint density at radius 3 is 2.66 bits per heavy atom. The molecule has 0 fully saturated rings. The Labute approximate surface area is 191 Å². The number of H-pyrrole nitrogens is 1. The van der Waals surface area contributed by atoms with E-state index in [-0.39, 0.29) is 6.61 Å². The summed E-state index contributed by atoms with van der Waals surface area (Å²) in [6.07, 6.45) is 0.520. The van der Waals surface area contributed by atoms with Crippen LogP contribution in [0.4, 0.5) is 0 Å². The van der Waals surface area contributed by atoms with Gasteiger partial charge in [0.1, 0.15) is 0 Å². The van der Waals surface area contributed by atoms with Crippen LogP contribution >= 0.6 is 15.9 Å². The molecule has 168 valence electrons. The van der Waals surface area contributed by atoms with E-state index in [1.54, 1.807) is 50.2 Å². The second kappa shape index (κ2) is 10.3. The van der Waals surface area contributed by atoms with E-state index >= 15 is 0 Å². The summed E-state index contributed by atoms with van der Waals surface area (Å²) < 4.78 is 17.6. The number of rotatable bonds is 8. The third-order valence-corrected chi connectivity index (χ3v) is 5.07. The van der Waals surface area contributed by atoms with E-state index in [1.807, 2.05) is 6.92 Å². The van der Waals surface area contributed by atoms with Gasteiger partial charge in [-0.25, -0.2) is 9.59 Å². The second-order valence-electron chi connectivity index (χ2n) is 6.60. The Bertz CT molecular complexity index is 1280. The summed E-state index contributed by atoms with van der Waals surface area (Å²) in [4.78, 5) is 39.5. The first-order valence-electron chi connectivity index (χ1n) is 9.93. The van der Waals surface area contributed by atoms with Crippen LogP contribution in [0, 0.1) is 0 Å². The standard InChI is InChI=1S/C22H22BrN3O6/c1-4-30-18-10-14(16(23)11-19(18)32-13(3)21(28)31-5-2)12-24-26-20(27)15-8-6-7-9-17(15)25-22(26)29/h6-13H,4-5H2,1-3H3,(H,25,29)/t13-/m0/s1. The smallest absolute Gasteiger partial charge is 0.349 e. The maximum absolute atomic E-state index is 12.6. The number of hydrogen-bond acceptors (Lipinski definition) is 7. The molecule has 0 amide bonds. The number of nitrogens with one attached hydrogen (secondary N) is 1. The first kappa shape index (κ1) is 23.3. The molecular formula is C22H22BrN3O6. The van der Waals surface area contributed by atoms with Gasteiger partial charge < -0.3 is 19.2 Å². The van der Waals surface area contributed by atoms with Gasteiger partial charge in [0.05, 0.1) is 30.3 Å². The molecule has 2 aromatic carbocycles. The Kier molecular flexibility index (Phi) is 7.47.